The molecule has 0 amide bonds. The van der Waals surface area contributed by atoms with Crippen LogP contribution in [-0.2, 0) is 0 Å². The van der Waals surface area contributed by atoms with Crippen molar-refractivity contribution in [2.45, 2.75) is 25.0 Å². The number of aromatic nitrogens is 3. The summed E-state index contributed by atoms with van der Waals surface area (Å²) in [7, 11) is 0. The highest BCUT2D eigenvalue weighted by Crippen LogP contribution is 2.19. The Labute approximate surface area is 129 Å². The van der Waals surface area contributed by atoms with E-state index in [0.29, 0.717) is 11.8 Å². The van der Waals surface area contributed by atoms with Crippen LogP contribution in [0.4, 0.5) is 0 Å². The zero-order chi connectivity index (χ0) is 14.5. The molecule has 0 aliphatic carbocycles. The van der Waals surface area contributed by atoms with Gasteiger partial charge in [0, 0.05) is 16.3 Å². The maximum atomic E-state index is 11.6. The predicted molar refractivity (Wildman–Crippen MR) is 83.6 cm³/mol. The second-order valence-corrected chi connectivity index (χ2v) is 6.40. The Hall–Kier alpha value is -1.21. The lowest BCUT2D eigenvalue weighted by molar-refractivity contribution is 0.343. The summed E-state index contributed by atoms with van der Waals surface area (Å²) in [6, 6.07) is 7.79. The molecular formula is C13H16BrN3O2S. The Morgan fingerprint density at radius 2 is 2.10 bits per heavy atom. The molecule has 5 nitrogen and oxygen atoms in total. The maximum absolute atomic E-state index is 11.6. The smallest absolute Gasteiger partial charge is 0.344 e. The van der Waals surface area contributed by atoms with E-state index < -0.39 is 0 Å². The molecular weight excluding hydrogens is 342 g/mol. The van der Waals surface area contributed by atoms with Crippen LogP contribution in [0.2, 0.25) is 0 Å². The van der Waals surface area contributed by atoms with E-state index in [2.05, 4.69) is 26.1 Å². The third-order valence-corrected chi connectivity index (χ3v) is 4.03. The molecule has 2 aromatic rings. The number of hydrogen-bond acceptors (Lipinski definition) is 4. The Morgan fingerprint density at radius 1 is 1.40 bits per heavy atom. The fourth-order valence-electron chi connectivity index (χ4n) is 1.67. The zero-order valence-corrected chi connectivity index (χ0v) is 13.7. The minimum Gasteiger partial charge on any atom is -0.493 e. The number of nitrogens with one attached hydrogen (secondary N) is 1. The number of benzene rings is 1. The van der Waals surface area contributed by atoms with Crippen molar-refractivity contribution in [2.75, 3.05) is 12.4 Å². The fourth-order valence-corrected chi connectivity index (χ4v) is 2.83. The minimum atomic E-state index is -0.170. The molecule has 1 N–H and O–H groups in total. The highest BCUT2D eigenvalue weighted by Gasteiger charge is 2.11. The van der Waals surface area contributed by atoms with Gasteiger partial charge in [0.05, 0.1) is 6.61 Å². The number of aromatic amines is 1. The second kappa shape index (κ2) is 6.99. The van der Waals surface area contributed by atoms with Crippen LogP contribution in [0.3, 0.4) is 0 Å². The molecule has 0 unspecified atom stereocenters. The number of H-pyrrole nitrogens is 1. The van der Waals surface area contributed by atoms with E-state index in [1.807, 2.05) is 38.1 Å². The first kappa shape index (κ1) is 15.2. The average molecular weight is 358 g/mol. The van der Waals surface area contributed by atoms with Crippen LogP contribution in [0, 0.1) is 0 Å². The number of thioether (sulfide) groups is 1. The van der Waals surface area contributed by atoms with Crippen LogP contribution in [0.15, 0.2) is 38.7 Å². The van der Waals surface area contributed by atoms with Gasteiger partial charge in [-0.05, 0) is 38.1 Å². The van der Waals surface area contributed by atoms with Crippen molar-refractivity contribution in [3.05, 3.63) is 39.2 Å². The average Bonchev–Trinajstić information content (AvgIpc) is 2.78. The van der Waals surface area contributed by atoms with E-state index >= 15 is 0 Å². The van der Waals surface area contributed by atoms with E-state index in [1.54, 1.807) is 4.57 Å². The Morgan fingerprint density at radius 3 is 2.75 bits per heavy atom. The van der Waals surface area contributed by atoms with E-state index in [0.717, 1.165) is 16.0 Å². The van der Waals surface area contributed by atoms with Crippen LogP contribution in [-0.4, -0.2) is 27.1 Å². The lowest BCUT2D eigenvalue weighted by Crippen LogP contribution is -2.19. The third-order valence-electron chi connectivity index (χ3n) is 2.59. The lowest BCUT2D eigenvalue weighted by Gasteiger charge is -2.09. The second-order valence-electron chi connectivity index (χ2n) is 4.43. The molecule has 0 fully saturated rings. The third kappa shape index (κ3) is 3.89. The summed E-state index contributed by atoms with van der Waals surface area (Å²) in [6.07, 6.45) is 0. The van der Waals surface area contributed by atoms with Crippen molar-refractivity contribution in [3.8, 4) is 5.75 Å². The van der Waals surface area contributed by atoms with E-state index in [-0.39, 0.29) is 11.7 Å². The van der Waals surface area contributed by atoms with Gasteiger partial charge in [-0.2, -0.15) is 0 Å². The highest BCUT2D eigenvalue weighted by atomic mass is 79.9. The number of nitrogens with zero attached hydrogens (tertiary/aromatic N) is 2. The summed E-state index contributed by atoms with van der Waals surface area (Å²) in [4.78, 5) is 11.6. The van der Waals surface area contributed by atoms with Crippen molar-refractivity contribution in [2.24, 2.45) is 0 Å². The predicted octanol–water partition coefficient (Wildman–Crippen LogP) is 3.09. The molecule has 0 radical (unpaired) electrons. The van der Waals surface area contributed by atoms with Gasteiger partial charge in [-0.3, -0.25) is 4.57 Å². The largest absolute Gasteiger partial charge is 0.493 e. The monoisotopic (exact) mass is 357 g/mol. The first-order chi connectivity index (χ1) is 9.58. The molecule has 1 aromatic carbocycles. The minimum absolute atomic E-state index is 0.0936. The van der Waals surface area contributed by atoms with Crippen LogP contribution in [0.25, 0.3) is 0 Å². The topological polar surface area (TPSA) is 59.9 Å². The quantitative estimate of drug-likeness (QED) is 0.637. The molecule has 108 valence electrons. The van der Waals surface area contributed by atoms with Gasteiger partial charge in [0.2, 0.25) is 0 Å². The molecule has 0 saturated heterocycles. The van der Waals surface area contributed by atoms with E-state index in [9.17, 15) is 4.79 Å². The van der Waals surface area contributed by atoms with Crippen LogP contribution in [0.5, 0.6) is 5.75 Å². The van der Waals surface area contributed by atoms with Gasteiger partial charge in [-0.1, -0.05) is 27.7 Å². The Balaban J connectivity index is 1.84. The summed E-state index contributed by atoms with van der Waals surface area (Å²) < 4.78 is 8.29. The van der Waals surface area contributed by atoms with Crippen LogP contribution < -0.4 is 10.4 Å². The van der Waals surface area contributed by atoms with Crippen molar-refractivity contribution in [1.82, 2.24) is 14.8 Å². The van der Waals surface area contributed by atoms with E-state index in [4.69, 9.17) is 4.74 Å². The molecule has 2 rings (SSSR count). The lowest BCUT2D eigenvalue weighted by atomic mass is 10.3. The SMILES string of the molecule is CC(C)n1c(SCCOc2ccc(Br)cc2)n[nH]c1=O. The normalized spacial score (nSPS) is 11.0. The summed E-state index contributed by atoms with van der Waals surface area (Å²) in [5.41, 5.74) is -0.170. The van der Waals surface area contributed by atoms with Crippen LogP contribution >= 0.6 is 27.7 Å². The molecule has 20 heavy (non-hydrogen) atoms. The fraction of sp³-hybridized carbons (Fsp3) is 0.385. The van der Waals surface area contributed by atoms with Gasteiger partial charge in [-0.15, -0.1) is 5.10 Å². The van der Waals surface area contributed by atoms with Gasteiger partial charge < -0.3 is 4.74 Å². The molecule has 0 atom stereocenters. The first-order valence-electron chi connectivity index (χ1n) is 6.26. The molecule has 7 heteroatoms. The van der Waals surface area contributed by atoms with Gasteiger partial charge in [0.1, 0.15) is 5.75 Å². The van der Waals surface area contributed by atoms with Gasteiger partial charge in [0.25, 0.3) is 0 Å². The van der Waals surface area contributed by atoms with Gasteiger partial charge >= 0.3 is 5.69 Å². The number of rotatable bonds is 6. The maximum Gasteiger partial charge on any atom is 0.344 e. The Kier molecular flexibility index (Phi) is 5.31. The van der Waals surface area contributed by atoms with Crippen molar-refractivity contribution < 1.29 is 4.74 Å². The molecule has 0 bridgehead atoms. The summed E-state index contributed by atoms with van der Waals surface area (Å²) in [6.45, 7) is 4.48. The molecule has 0 saturated carbocycles. The summed E-state index contributed by atoms with van der Waals surface area (Å²) in [5.74, 6) is 1.56. The molecule has 1 aromatic heterocycles. The molecule has 0 spiro atoms. The zero-order valence-electron chi connectivity index (χ0n) is 11.3. The van der Waals surface area contributed by atoms with Gasteiger partial charge in [-0.25, -0.2) is 9.89 Å². The number of hydrogen-bond donors (Lipinski definition) is 1. The van der Waals surface area contributed by atoms with Crippen molar-refractivity contribution in [3.63, 3.8) is 0 Å². The molecule has 0 aliphatic rings. The molecule has 0 aliphatic heterocycles. The standard InChI is InChI=1S/C13H16BrN3O2S/c1-9(2)17-12(18)15-16-13(17)20-8-7-19-11-5-3-10(14)4-6-11/h3-6,9H,7-8H2,1-2H3,(H,15,18). The van der Waals surface area contributed by atoms with Crippen molar-refractivity contribution in [1.29, 1.82) is 0 Å². The Bertz CT molecular complexity index is 607. The van der Waals surface area contributed by atoms with E-state index in [1.165, 1.54) is 11.8 Å². The highest BCUT2D eigenvalue weighted by molar-refractivity contribution is 9.10. The summed E-state index contributed by atoms with van der Waals surface area (Å²) in [5, 5.41) is 7.19. The molecule has 1 heterocycles. The van der Waals surface area contributed by atoms with Gasteiger partial charge in [0.15, 0.2) is 5.16 Å². The summed E-state index contributed by atoms with van der Waals surface area (Å²) >= 11 is 4.88. The first-order valence-corrected chi connectivity index (χ1v) is 8.04. The van der Waals surface area contributed by atoms with Crippen molar-refractivity contribution >= 4 is 27.7 Å². The van der Waals surface area contributed by atoms with Crippen LogP contribution in [0.1, 0.15) is 19.9 Å². The number of halogens is 1. The number of ether oxygens (including phenoxy) is 1.